The van der Waals surface area contributed by atoms with E-state index >= 15 is 0 Å². The molecule has 0 atom stereocenters. The molecule has 1 aromatic heterocycles. The number of rotatable bonds is 1. The molecule has 7 nitrogen and oxygen atoms in total. The molecule has 1 aromatic rings. The molecular weight excluding hydrogens is 270 g/mol. The monoisotopic (exact) mass is 285 g/mol. The fourth-order valence-corrected chi connectivity index (χ4v) is 3.12. The Morgan fingerprint density at radius 2 is 2.00 bits per heavy atom. The SMILES string of the molecule is Nc1c(/N=C2\C=CC(=O)C3=C2NCC3)c(=O)n2n1CCC2. The van der Waals surface area contributed by atoms with Crippen molar-refractivity contribution < 1.29 is 4.79 Å². The molecule has 0 saturated carbocycles. The Labute approximate surface area is 120 Å². The molecule has 7 heteroatoms. The average molecular weight is 285 g/mol. The lowest BCUT2D eigenvalue weighted by Gasteiger charge is -2.10. The van der Waals surface area contributed by atoms with Crippen LogP contribution in [-0.4, -0.2) is 27.4 Å². The number of aromatic nitrogens is 2. The van der Waals surface area contributed by atoms with Gasteiger partial charge < -0.3 is 11.1 Å². The zero-order chi connectivity index (χ0) is 14.6. The summed E-state index contributed by atoms with van der Waals surface area (Å²) >= 11 is 0. The van der Waals surface area contributed by atoms with Crippen molar-refractivity contribution in [2.24, 2.45) is 4.99 Å². The number of allylic oxidation sites excluding steroid dienone is 2. The minimum Gasteiger partial charge on any atom is -0.383 e. The van der Waals surface area contributed by atoms with Crippen molar-refractivity contribution >= 4 is 23.0 Å². The summed E-state index contributed by atoms with van der Waals surface area (Å²) in [7, 11) is 0. The lowest BCUT2D eigenvalue weighted by Crippen LogP contribution is -2.20. The van der Waals surface area contributed by atoms with E-state index in [1.807, 2.05) is 0 Å². The van der Waals surface area contributed by atoms with Crippen LogP contribution in [0.3, 0.4) is 0 Å². The fraction of sp³-hybridized carbons (Fsp3) is 0.357. The van der Waals surface area contributed by atoms with Crippen molar-refractivity contribution in [2.75, 3.05) is 12.3 Å². The van der Waals surface area contributed by atoms with Gasteiger partial charge in [0, 0.05) is 25.2 Å². The second-order valence-electron chi connectivity index (χ2n) is 5.36. The number of nitrogens with zero attached hydrogens (tertiary/aromatic N) is 3. The van der Waals surface area contributed by atoms with Crippen LogP contribution in [0.2, 0.25) is 0 Å². The Kier molecular flexibility index (Phi) is 2.44. The molecule has 3 heterocycles. The number of carbonyl (C=O) groups is 1. The normalized spacial score (nSPS) is 21.9. The summed E-state index contributed by atoms with van der Waals surface area (Å²) in [5, 5.41) is 3.17. The van der Waals surface area contributed by atoms with Gasteiger partial charge in [-0.1, -0.05) is 0 Å². The number of aliphatic imine (C=N–C) groups is 1. The van der Waals surface area contributed by atoms with Crippen LogP contribution in [0.1, 0.15) is 12.8 Å². The van der Waals surface area contributed by atoms with E-state index in [9.17, 15) is 9.59 Å². The Balaban J connectivity index is 1.85. The van der Waals surface area contributed by atoms with Crippen molar-refractivity contribution in [2.45, 2.75) is 25.9 Å². The molecule has 0 fully saturated rings. The van der Waals surface area contributed by atoms with Crippen molar-refractivity contribution in [1.82, 2.24) is 14.7 Å². The molecule has 3 aliphatic rings. The largest absolute Gasteiger partial charge is 0.383 e. The van der Waals surface area contributed by atoms with Crippen LogP contribution in [0.5, 0.6) is 0 Å². The fourth-order valence-electron chi connectivity index (χ4n) is 3.12. The zero-order valence-electron chi connectivity index (χ0n) is 11.4. The molecule has 0 unspecified atom stereocenters. The Morgan fingerprint density at radius 3 is 2.81 bits per heavy atom. The summed E-state index contributed by atoms with van der Waals surface area (Å²) < 4.78 is 3.40. The van der Waals surface area contributed by atoms with Crippen LogP contribution in [0.15, 0.2) is 33.2 Å². The summed E-state index contributed by atoms with van der Waals surface area (Å²) in [6.45, 7) is 2.14. The smallest absolute Gasteiger partial charge is 0.294 e. The van der Waals surface area contributed by atoms with Crippen LogP contribution in [0.25, 0.3) is 0 Å². The highest BCUT2D eigenvalue weighted by Gasteiger charge is 2.27. The molecule has 0 spiro atoms. The average Bonchev–Trinajstić information content (AvgIpc) is 3.17. The lowest BCUT2D eigenvalue weighted by molar-refractivity contribution is -0.111. The first-order chi connectivity index (χ1) is 10.2. The summed E-state index contributed by atoms with van der Waals surface area (Å²) in [6.07, 6.45) is 4.76. The molecular formula is C14H15N5O2. The maximum Gasteiger partial charge on any atom is 0.294 e. The number of nitrogen functional groups attached to an aromatic ring is 1. The molecule has 108 valence electrons. The number of fused-ring (bicyclic) bond motifs is 1. The predicted octanol–water partition coefficient (Wildman–Crippen LogP) is 0.0945. The lowest BCUT2D eigenvalue weighted by atomic mass is 10.00. The third-order valence-electron chi connectivity index (χ3n) is 4.15. The van der Waals surface area contributed by atoms with Crippen molar-refractivity contribution in [3.8, 4) is 0 Å². The molecule has 0 amide bonds. The molecule has 2 aliphatic heterocycles. The van der Waals surface area contributed by atoms with Gasteiger partial charge in [-0.25, -0.2) is 9.67 Å². The second kappa shape index (κ2) is 4.21. The summed E-state index contributed by atoms with van der Waals surface area (Å²) in [6, 6.07) is 0. The number of ketones is 1. The predicted molar refractivity (Wildman–Crippen MR) is 78.6 cm³/mol. The highest BCUT2D eigenvalue weighted by atomic mass is 16.1. The van der Waals surface area contributed by atoms with Crippen LogP contribution < -0.4 is 16.6 Å². The molecule has 0 aromatic carbocycles. The molecule has 3 N–H and O–H groups in total. The van der Waals surface area contributed by atoms with Crippen molar-refractivity contribution in [3.05, 3.63) is 33.8 Å². The Hall–Kier alpha value is -2.57. The van der Waals surface area contributed by atoms with E-state index in [1.165, 1.54) is 6.08 Å². The van der Waals surface area contributed by atoms with Gasteiger partial charge in [0.05, 0.1) is 11.4 Å². The third kappa shape index (κ3) is 1.63. The van der Waals surface area contributed by atoms with E-state index in [4.69, 9.17) is 5.73 Å². The first-order valence-corrected chi connectivity index (χ1v) is 7.04. The minimum absolute atomic E-state index is 0.0121. The van der Waals surface area contributed by atoms with E-state index in [1.54, 1.807) is 15.4 Å². The van der Waals surface area contributed by atoms with Crippen LogP contribution in [-0.2, 0) is 17.9 Å². The third-order valence-corrected chi connectivity index (χ3v) is 4.15. The van der Waals surface area contributed by atoms with E-state index in [2.05, 4.69) is 10.3 Å². The maximum absolute atomic E-state index is 12.3. The standard InChI is InChI=1S/C14H15N5O2/c15-13-12(14(21)19-7-1-6-18(13)19)17-9-2-3-10(20)8-4-5-16-11(8)9/h2-3,16H,1,4-7,15H2/b17-9+. The number of anilines is 1. The molecule has 0 radical (unpaired) electrons. The van der Waals surface area contributed by atoms with E-state index in [0.717, 1.165) is 30.8 Å². The van der Waals surface area contributed by atoms with Gasteiger partial charge in [0.2, 0.25) is 0 Å². The number of carbonyl (C=O) groups excluding carboxylic acids is 1. The van der Waals surface area contributed by atoms with Crippen LogP contribution in [0.4, 0.5) is 11.5 Å². The van der Waals surface area contributed by atoms with Crippen molar-refractivity contribution in [3.63, 3.8) is 0 Å². The van der Waals surface area contributed by atoms with E-state index in [-0.39, 0.29) is 17.0 Å². The summed E-state index contributed by atoms with van der Waals surface area (Å²) in [4.78, 5) is 28.6. The minimum atomic E-state index is -0.164. The first-order valence-electron chi connectivity index (χ1n) is 7.04. The highest BCUT2D eigenvalue weighted by molar-refractivity contribution is 6.23. The second-order valence-corrected chi connectivity index (χ2v) is 5.36. The zero-order valence-corrected chi connectivity index (χ0v) is 11.4. The van der Waals surface area contributed by atoms with Gasteiger partial charge in [0.15, 0.2) is 17.3 Å². The van der Waals surface area contributed by atoms with Crippen LogP contribution >= 0.6 is 0 Å². The van der Waals surface area contributed by atoms with Gasteiger partial charge in [0.1, 0.15) is 0 Å². The number of hydrogen-bond acceptors (Lipinski definition) is 5. The van der Waals surface area contributed by atoms with Gasteiger partial charge in [-0.2, -0.15) is 0 Å². The molecule has 0 bridgehead atoms. The first kappa shape index (κ1) is 12.2. The van der Waals surface area contributed by atoms with Gasteiger partial charge >= 0.3 is 0 Å². The number of nitrogens with one attached hydrogen (secondary N) is 1. The van der Waals surface area contributed by atoms with Crippen LogP contribution in [0, 0.1) is 0 Å². The van der Waals surface area contributed by atoms with Gasteiger partial charge in [-0.3, -0.25) is 14.3 Å². The Morgan fingerprint density at radius 1 is 1.19 bits per heavy atom. The number of hydrogen-bond donors (Lipinski definition) is 2. The number of nitrogens with two attached hydrogens (primary N) is 1. The quantitative estimate of drug-likeness (QED) is 0.715. The van der Waals surface area contributed by atoms with E-state index < -0.39 is 0 Å². The highest BCUT2D eigenvalue weighted by Crippen LogP contribution is 2.26. The molecule has 1 aliphatic carbocycles. The van der Waals surface area contributed by atoms with E-state index in [0.29, 0.717) is 24.5 Å². The van der Waals surface area contributed by atoms with Gasteiger partial charge in [-0.15, -0.1) is 0 Å². The molecule has 0 saturated heterocycles. The molecule has 4 rings (SSSR count). The van der Waals surface area contributed by atoms with Crippen molar-refractivity contribution in [1.29, 1.82) is 0 Å². The topological polar surface area (TPSA) is 94.4 Å². The summed E-state index contributed by atoms with van der Waals surface area (Å²) in [5.74, 6) is 0.411. The Bertz CT molecular complexity index is 806. The molecule has 21 heavy (non-hydrogen) atoms. The maximum atomic E-state index is 12.3. The summed E-state index contributed by atoms with van der Waals surface area (Å²) in [5.41, 5.74) is 8.23. The van der Waals surface area contributed by atoms with Gasteiger partial charge in [-0.05, 0) is 25.0 Å². The van der Waals surface area contributed by atoms with Gasteiger partial charge in [0.25, 0.3) is 5.56 Å².